The zero-order valence-electron chi connectivity index (χ0n) is 10.1. The number of benzene rings is 1. The first-order valence-corrected chi connectivity index (χ1v) is 5.70. The molecule has 1 unspecified atom stereocenters. The fourth-order valence-corrected chi connectivity index (χ4v) is 1.48. The van der Waals surface area contributed by atoms with Gasteiger partial charge in [-0.2, -0.15) is 0 Å². The summed E-state index contributed by atoms with van der Waals surface area (Å²) < 4.78 is 18.4. The predicted octanol–water partition coefficient (Wildman–Crippen LogP) is 3.16. The highest BCUT2D eigenvalue weighted by Crippen LogP contribution is 2.19. The smallest absolute Gasteiger partial charge is 0.344 e. The zero-order valence-corrected chi connectivity index (χ0v) is 10.1. The lowest BCUT2D eigenvalue weighted by atomic mass is 10.1. The van der Waals surface area contributed by atoms with Crippen molar-refractivity contribution in [3.8, 4) is 5.75 Å². The molecular formula is C13H17FO3. The van der Waals surface area contributed by atoms with Crippen LogP contribution in [-0.2, 0) is 4.79 Å². The van der Waals surface area contributed by atoms with E-state index in [0.29, 0.717) is 17.7 Å². The van der Waals surface area contributed by atoms with E-state index in [0.717, 1.165) is 12.8 Å². The number of carboxylic acids is 1. The van der Waals surface area contributed by atoms with Gasteiger partial charge in [-0.25, -0.2) is 9.18 Å². The van der Waals surface area contributed by atoms with E-state index in [2.05, 4.69) is 0 Å². The summed E-state index contributed by atoms with van der Waals surface area (Å²) in [7, 11) is 0. The third-order valence-electron chi connectivity index (χ3n) is 2.50. The summed E-state index contributed by atoms with van der Waals surface area (Å²) in [6.45, 7) is 3.60. The highest BCUT2D eigenvalue weighted by molar-refractivity contribution is 5.72. The number of hydrogen-bond acceptors (Lipinski definition) is 2. The van der Waals surface area contributed by atoms with Crippen LogP contribution in [0.4, 0.5) is 4.39 Å². The molecule has 0 saturated carbocycles. The molecule has 17 heavy (non-hydrogen) atoms. The number of aryl methyl sites for hydroxylation is 1. The molecule has 94 valence electrons. The van der Waals surface area contributed by atoms with Gasteiger partial charge in [0.25, 0.3) is 0 Å². The van der Waals surface area contributed by atoms with E-state index in [-0.39, 0.29) is 5.82 Å². The van der Waals surface area contributed by atoms with Crippen LogP contribution in [0, 0.1) is 12.7 Å². The van der Waals surface area contributed by atoms with Gasteiger partial charge >= 0.3 is 5.97 Å². The maximum atomic E-state index is 13.0. The van der Waals surface area contributed by atoms with Gasteiger partial charge < -0.3 is 9.84 Å². The minimum Gasteiger partial charge on any atom is -0.479 e. The molecule has 0 aliphatic heterocycles. The molecule has 1 rings (SSSR count). The molecule has 0 saturated heterocycles. The third-order valence-corrected chi connectivity index (χ3v) is 2.50. The Morgan fingerprint density at radius 2 is 2.24 bits per heavy atom. The Morgan fingerprint density at radius 3 is 2.76 bits per heavy atom. The molecule has 0 aliphatic carbocycles. The topological polar surface area (TPSA) is 46.5 Å². The first-order chi connectivity index (χ1) is 8.04. The van der Waals surface area contributed by atoms with Crippen molar-refractivity contribution in [1.82, 2.24) is 0 Å². The molecule has 3 nitrogen and oxygen atoms in total. The van der Waals surface area contributed by atoms with Crippen molar-refractivity contribution in [2.45, 2.75) is 39.2 Å². The van der Waals surface area contributed by atoms with Gasteiger partial charge in [-0.05, 0) is 43.5 Å². The first-order valence-electron chi connectivity index (χ1n) is 5.70. The van der Waals surface area contributed by atoms with Gasteiger partial charge in [0.1, 0.15) is 11.6 Å². The van der Waals surface area contributed by atoms with E-state index in [9.17, 15) is 9.18 Å². The van der Waals surface area contributed by atoms with E-state index < -0.39 is 12.1 Å². The molecule has 1 atom stereocenters. The third kappa shape index (κ3) is 4.06. The molecule has 0 heterocycles. The molecule has 0 amide bonds. The van der Waals surface area contributed by atoms with Gasteiger partial charge in [0.15, 0.2) is 6.10 Å². The fraction of sp³-hybridized carbons (Fsp3) is 0.462. The van der Waals surface area contributed by atoms with Crippen molar-refractivity contribution in [3.63, 3.8) is 0 Å². The van der Waals surface area contributed by atoms with Crippen molar-refractivity contribution in [3.05, 3.63) is 29.6 Å². The van der Waals surface area contributed by atoms with Crippen molar-refractivity contribution in [2.75, 3.05) is 0 Å². The lowest BCUT2D eigenvalue weighted by Gasteiger charge is -2.15. The fourth-order valence-electron chi connectivity index (χ4n) is 1.48. The molecule has 0 aliphatic rings. The number of carboxylic acid groups (broad SMARTS) is 1. The van der Waals surface area contributed by atoms with Crippen LogP contribution in [0.2, 0.25) is 0 Å². The van der Waals surface area contributed by atoms with E-state index in [1.54, 1.807) is 6.92 Å². The summed E-state index contributed by atoms with van der Waals surface area (Å²) in [6, 6.07) is 4.24. The summed E-state index contributed by atoms with van der Waals surface area (Å²) in [5.74, 6) is -0.911. The van der Waals surface area contributed by atoms with Gasteiger partial charge in [-0.15, -0.1) is 0 Å². The standard InChI is InChI=1S/C13H17FO3/c1-3-4-5-12(13(15)16)17-10-6-7-11(14)9(2)8-10/h6-8,12H,3-5H2,1-2H3,(H,15,16). The number of aliphatic carboxylic acids is 1. The van der Waals surface area contributed by atoms with Crippen LogP contribution in [0.15, 0.2) is 18.2 Å². The molecule has 1 aromatic rings. The van der Waals surface area contributed by atoms with Crippen molar-refractivity contribution < 1.29 is 19.0 Å². The largest absolute Gasteiger partial charge is 0.479 e. The minimum absolute atomic E-state index is 0.321. The van der Waals surface area contributed by atoms with Gasteiger partial charge in [0, 0.05) is 0 Å². The molecule has 1 N–H and O–H groups in total. The Kier molecular flexibility index (Phi) is 4.94. The van der Waals surface area contributed by atoms with E-state index >= 15 is 0 Å². The Morgan fingerprint density at radius 1 is 1.53 bits per heavy atom. The number of halogens is 1. The van der Waals surface area contributed by atoms with E-state index in [1.165, 1.54) is 18.2 Å². The van der Waals surface area contributed by atoms with Gasteiger partial charge in [0.05, 0.1) is 0 Å². The molecule has 0 fully saturated rings. The predicted molar refractivity (Wildman–Crippen MR) is 62.7 cm³/mol. The molecule has 4 heteroatoms. The van der Waals surface area contributed by atoms with Crippen LogP contribution in [0.3, 0.4) is 0 Å². The van der Waals surface area contributed by atoms with Crippen molar-refractivity contribution >= 4 is 5.97 Å². The molecule has 1 aromatic carbocycles. The van der Waals surface area contributed by atoms with E-state index in [4.69, 9.17) is 9.84 Å². The minimum atomic E-state index is -0.986. The Labute approximate surface area is 100 Å². The number of hydrogen-bond donors (Lipinski definition) is 1. The normalized spacial score (nSPS) is 12.2. The van der Waals surface area contributed by atoms with Crippen LogP contribution in [0.1, 0.15) is 31.7 Å². The molecule has 0 aromatic heterocycles. The maximum Gasteiger partial charge on any atom is 0.344 e. The monoisotopic (exact) mass is 240 g/mol. The summed E-state index contributed by atoms with van der Waals surface area (Å²) in [6.07, 6.45) is 1.30. The van der Waals surface area contributed by atoms with Crippen molar-refractivity contribution in [2.24, 2.45) is 0 Å². The summed E-state index contributed by atoms with van der Waals surface area (Å²) >= 11 is 0. The number of unbranched alkanes of at least 4 members (excludes halogenated alkanes) is 1. The highest BCUT2D eigenvalue weighted by Gasteiger charge is 2.18. The lowest BCUT2D eigenvalue weighted by Crippen LogP contribution is -2.26. The second kappa shape index (κ2) is 6.23. The molecule has 0 radical (unpaired) electrons. The first kappa shape index (κ1) is 13.5. The summed E-state index contributed by atoms with van der Waals surface area (Å²) in [4.78, 5) is 11.0. The Balaban J connectivity index is 2.71. The zero-order chi connectivity index (χ0) is 12.8. The second-order valence-electron chi connectivity index (χ2n) is 4.00. The number of rotatable bonds is 6. The summed E-state index contributed by atoms with van der Waals surface area (Å²) in [5, 5.41) is 8.99. The van der Waals surface area contributed by atoms with Gasteiger partial charge in [-0.3, -0.25) is 0 Å². The lowest BCUT2D eigenvalue weighted by molar-refractivity contribution is -0.145. The Bertz CT molecular complexity index is 390. The number of carbonyl (C=O) groups is 1. The number of ether oxygens (including phenoxy) is 1. The van der Waals surface area contributed by atoms with Gasteiger partial charge in [-0.1, -0.05) is 13.3 Å². The maximum absolute atomic E-state index is 13.0. The van der Waals surface area contributed by atoms with Crippen LogP contribution >= 0.6 is 0 Å². The van der Waals surface area contributed by atoms with Crippen LogP contribution in [-0.4, -0.2) is 17.2 Å². The Hall–Kier alpha value is -1.58. The van der Waals surface area contributed by atoms with Crippen LogP contribution < -0.4 is 4.74 Å². The SMILES string of the molecule is CCCCC(Oc1ccc(F)c(C)c1)C(=O)O. The molecule has 0 spiro atoms. The average molecular weight is 240 g/mol. The van der Waals surface area contributed by atoms with Gasteiger partial charge in [0.2, 0.25) is 0 Å². The average Bonchev–Trinajstić information content (AvgIpc) is 2.28. The second-order valence-corrected chi connectivity index (χ2v) is 4.00. The molecular weight excluding hydrogens is 223 g/mol. The van der Waals surface area contributed by atoms with Crippen LogP contribution in [0.5, 0.6) is 5.75 Å². The molecule has 0 bridgehead atoms. The summed E-state index contributed by atoms with van der Waals surface area (Å²) in [5.41, 5.74) is 0.446. The van der Waals surface area contributed by atoms with Crippen molar-refractivity contribution in [1.29, 1.82) is 0 Å². The quantitative estimate of drug-likeness (QED) is 0.830. The van der Waals surface area contributed by atoms with Crippen LogP contribution in [0.25, 0.3) is 0 Å². The highest BCUT2D eigenvalue weighted by atomic mass is 19.1. The van der Waals surface area contributed by atoms with E-state index in [1.807, 2.05) is 6.92 Å².